The first kappa shape index (κ1) is 14.3. The standard InChI is InChI=1S/C13H17N3O4/c1-15-5-4-8-10(7-15)9(2-3-13(17)18)12(16(19)20)6-11(8)14/h6H,2-5,7,14H2,1H3,(H,17,18). The Labute approximate surface area is 116 Å². The molecule has 7 heteroatoms. The van der Waals surface area contributed by atoms with Gasteiger partial charge >= 0.3 is 5.97 Å². The van der Waals surface area contributed by atoms with Gasteiger partial charge in [0.2, 0.25) is 0 Å². The molecule has 0 unspecified atom stereocenters. The topological polar surface area (TPSA) is 110 Å². The Kier molecular flexibility index (Phi) is 3.89. The van der Waals surface area contributed by atoms with Crippen molar-refractivity contribution in [3.63, 3.8) is 0 Å². The molecule has 20 heavy (non-hydrogen) atoms. The Balaban J connectivity index is 2.54. The average Bonchev–Trinajstić information content (AvgIpc) is 2.36. The minimum Gasteiger partial charge on any atom is -0.481 e. The summed E-state index contributed by atoms with van der Waals surface area (Å²) >= 11 is 0. The molecule has 0 atom stereocenters. The average molecular weight is 279 g/mol. The molecule has 1 heterocycles. The van der Waals surface area contributed by atoms with Gasteiger partial charge in [0, 0.05) is 36.8 Å². The Morgan fingerprint density at radius 2 is 2.25 bits per heavy atom. The number of nitrogens with zero attached hydrogens (tertiary/aromatic N) is 2. The normalized spacial score (nSPS) is 14.8. The van der Waals surface area contributed by atoms with E-state index in [0.29, 0.717) is 17.8 Å². The first-order chi connectivity index (χ1) is 9.40. The van der Waals surface area contributed by atoms with E-state index in [2.05, 4.69) is 4.90 Å². The number of benzene rings is 1. The van der Waals surface area contributed by atoms with Gasteiger partial charge in [0.05, 0.1) is 4.92 Å². The summed E-state index contributed by atoms with van der Waals surface area (Å²) in [5.74, 6) is -0.964. The molecule has 0 amide bonds. The van der Waals surface area contributed by atoms with Crippen molar-refractivity contribution < 1.29 is 14.8 Å². The molecule has 0 fully saturated rings. The lowest BCUT2D eigenvalue weighted by molar-refractivity contribution is -0.385. The number of likely N-dealkylation sites (N-methyl/N-ethyl adjacent to an activating group) is 1. The van der Waals surface area contributed by atoms with Crippen LogP contribution in [0.3, 0.4) is 0 Å². The van der Waals surface area contributed by atoms with E-state index in [1.165, 1.54) is 6.07 Å². The first-order valence-corrected chi connectivity index (χ1v) is 6.38. The summed E-state index contributed by atoms with van der Waals surface area (Å²) in [5, 5.41) is 20.0. The number of fused-ring (bicyclic) bond motifs is 1. The fourth-order valence-corrected chi connectivity index (χ4v) is 2.64. The van der Waals surface area contributed by atoms with Crippen molar-refractivity contribution in [1.29, 1.82) is 0 Å². The van der Waals surface area contributed by atoms with Crippen LogP contribution < -0.4 is 5.73 Å². The minimum atomic E-state index is -0.964. The second-order valence-corrected chi connectivity index (χ2v) is 5.06. The van der Waals surface area contributed by atoms with E-state index >= 15 is 0 Å². The van der Waals surface area contributed by atoms with E-state index in [9.17, 15) is 14.9 Å². The van der Waals surface area contributed by atoms with Gasteiger partial charge in [-0.25, -0.2) is 0 Å². The summed E-state index contributed by atoms with van der Waals surface area (Å²) in [7, 11) is 1.93. The van der Waals surface area contributed by atoms with E-state index in [4.69, 9.17) is 10.8 Å². The Bertz CT molecular complexity index is 571. The number of carbonyl (C=O) groups is 1. The number of hydrogen-bond donors (Lipinski definition) is 2. The van der Waals surface area contributed by atoms with Crippen molar-refractivity contribution >= 4 is 17.3 Å². The van der Waals surface area contributed by atoms with Crippen LogP contribution in [0.1, 0.15) is 23.1 Å². The molecule has 0 spiro atoms. The molecular weight excluding hydrogens is 262 g/mol. The van der Waals surface area contributed by atoms with Crippen molar-refractivity contribution in [2.45, 2.75) is 25.8 Å². The first-order valence-electron chi connectivity index (χ1n) is 6.38. The number of aliphatic carboxylic acids is 1. The van der Waals surface area contributed by atoms with Crippen molar-refractivity contribution in [2.24, 2.45) is 0 Å². The van der Waals surface area contributed by atoms with Crippen molar-refractivity contribution in [3.8, 4) is 0 Å². The quantitative estimate of drug-likeness (QED) is 0.486. The predicted molar refractivity (Wildman–Crippen MR) is 73.5 cm³/mol. The zero-order valence-corrected chi connectivity index (χ0v) is 11.3. The molecule has 2 rings (SSSR count). The third-order valence-corrected chi connectivity index (χ3v) is 3.64. The molecule has 7 nitrogen and oxygen atoms in total. The zero-order valence-electron chi connectivity index (χ0n) is 11.3. The van der Waals surface area contributed by atoms with E-state index in [-0.39, 0.29) is 18.5 Å². The van der Waals surface area contributed by atoms with Crippen LogP contribution in [0.4, 0.5) is 11.4 Å². The minimum absolute atomic E-state index is 0.0715. The molecule has 0 saturated heterocycles. The van der Waals surface area contributed by atoms with Gasteiger partial charge in [0.15, 0.2) is 0 Å². The van der Waals surface area contributed by atoms with Crippen molar-refractivity contribution in [2.75, 3.05) is 19.3 Å². The fraction of sp³-hybridized carbons (Fsp3) is 0.462. The molecule has 0 aromatic heterocycles. The fourth-order valence-electron chi connectivity index (χ4n) is 2.64. The van der Waals surface area contributed by atoms with Gasteiger partial charge in [-0.3, -0.25) is 14.9 Å². The lowest BCUT2D eigenvalue weighted by Crippen LogP contribution is -2.28. The smallest absolute Gasteiger partial charge is 0.303 e. The van der Waals surface area contributed by atoms with Gasteiger partial charge in [0.1, 0.15) is 0 Å². The number of nitrogens with two attached hydrogens (primary N) is 1. The van der Waals surface area contributed by atoms with Crippen LogP contribution in [0, 0.1) is 10.1 Å². The van der Waals surface area contributed by atoms with Crippen LogP contribution in [-0.4, -0.2) is 34.5 Å². The Morgan fingerprint density at radius 1 is 1.55 bits per heavy atom. The molecule has 1 aliphatic rings. The number of rotatable bonds is 4. The Morgan fingerprint density at radius 3 is 2.85 bits per heavy atom. The van der Waals surface area contributed by atoms with E-state index in [1.807, 2.05) is 7.05 Å². The molecule has 108 valence electrons. The van der Waals surface area contributed by atoms with Crippen LogP contribution in [0.2, 0.25) is 0 Å². The summed E-state index contributed by atoms with van der Waals surface area (Å²) < 4.78 is 0. The van der Waals surface area contributed by atoms with E-state index in [1.54, 1.807) is 0 Å². The SMILES string of the molecule is CN1CCc2c(N)cc([N+](=O)[O-])c(CCC(=O)O)c2C1. The molecule has 0 saturated carbocycles. The third-order valence-electron chi connectivity index (χ3n) is 3.64. The van der Waals surface area contributed by atoms with E-state index < -0.39 is 10.9 Å². The molecule has 1 aliphatic heterocycles. The van der Waals surface area contributed by atoms with Crippen LogP contribution in [0.15, 0.2) is 6.07 Å². The molecule has 1 aromatic carbocycles. The van der Waals surface area contributed by atoms with Crippen LogP contribution in [0.25, 0.3) is 0 Å². The van der Waals surface area contributed by atoms with Gasteiger partial charge in [-0.15, -0.1) is 0 Å². The monoisotopic (exact) mass is 279 g/mol. The molecule has 0 radical (unpaired) electrons. The molecule has 3 N–H and O–H groups in total. The van der Waals surface area contributed by atoms with Gasteiger partial charge < -0.3 is 15.7 Å². The maximum atomic E-state index is 11.2. The van der Waals surface area contributed by atoms with Crippen LogP contribution in [0.5, 0.6) is 0 Å². The lowest BCUT2D eigenvalue weighted by Gasteiger charge is -2.28. The second kappa shape index (κ2) is 5.46. The maximum Gasteiger partial charge on any atom is 0.303 e. The molecule has 0 aliphatic carbocycles. The van der Waals surface area contributed by atoms with Crippen molar-refractivity contribution in [3.05, 3.63) is 32.9 Å². The summed E-state index contributed by atoms with van der Waals surface area (Å²) in [6.07, 6.45) is 0.763. The predicted octanol–water partition coefficient (Wildman–Crippen LogP) is 1.18. The highest BCUT2D eigenvalue weighted by molar-refractivity contribution is 5.69. The largest absolute Gasteiger partial charge is 0.481 e. The Hall–Kier alpha value is -2.15. The number of carboxylic acids is 1. The molecule has 1 aromatic rings. The van der Waals surface area contributed by atoms with Crippen LogP contribution in [-0.2, 0) is 24.2 Å². The van der Waals surface area contributed by atoms with Gasteiger partial charge in [0.25, 0.3) is 5.69 Å². The summed E-state index contributed by atoms with van der Waals surface area (Å²) in [5.41, 5.74) is 8.53. The number of nitrogen functional groups attached to an aromatic ring is 1. The zero-order chi connectivity index (χ0) is 14.9. The summed E-state index contributed by atoms with van der Waals surface area (Å²) in [4.78, 5) is 23.5. The number of anilines is 1. The lowest BCUT2D eigenvalue weighted by atomic mass is 9.90. The maximum absolute atomic E-state index is 11.2. The van der Waals surface area contributed by atoms with E-state index in [0.717, 1.165) is 24.1 Å². The highest BCUT2D eigenvalue weighted by atomic mass is 16.6. The summed E-state index contributed by atoms with van der Waals surface area (Å²) in [6, 6.07) is 1.36. The highest BCUT2D eigenvalue weighted by Gasteiger charge is 2.26. The second-order valence-electron chi connectivity index (χ2n) is 5.06. The van der Waals surface area contributed by atoms with Gasteiger partial charge in [-0.2, -0.15) is 0 Å². The molecule has 0 bridgehead atoms. The number of nitro benzene ring substituents is 1. The number of hydrogen-bond acceptors (Lipinski definition) is 5. The van der Waals surface area contributed by atoms with Crippen LogP contribution >= 0.6 is 0 Å². The highest BCUT2D eigenvalue weighted by Crippen LogP contribution is 2.34. The van der Waals surface area contributed by atoms with Crippen molar-refractivity contribution in [1.82, 2.24) is 4.90 Å². The summed E-state index contributed by atoms with van der Waals surface area (Å²) in [6.45, 7) is 1.41. The number of nitro groups is 1. The molecular formula is C13H17N3O4. The third kappa shape index (κ3) is 2.72. The number of carboxylic acid groups (broad SMARTS) is 1. The van der Waals surface area contributed by atoms with Gasteiger partial charge in [-0.1, -0.05) is 0 Å². The van der Waals surface area contributed by atoms with Gasteiger partial charge in [-0.05, 0) is 31.0 Å².